The van der Waals surface area contributed by atoms with E-state index in [0.29, 0.717) is 13.1 Å². The zero-order valence-corrected chi connectivity index (χ0v) is 8.68. The molecule has 1 rings (SSSR count). The quantitative estimate of drug-likeness (QED) is 0.683. The highest BCUT2D eigenvalue weighted by Gasteiger charge is 2.21. The summed E-state index contributed by atoms with van der Waals surface area (Å²) >= 11 is 0. The number of carboxylic acid groups (broad SMARTS) is 1. The molecule has 1 heterocycles. The molecule has 0 saturated carbocycles. The number of carbonyl (C=O) groups is 2. The van der Waals surface area contributed by atoms with Crippen LogP contribution in [0.2, 0.25) is 0 Å². The molecule has 84 valence electrons. The Bertz CT molecular complexity index is 275. The molecule has 0 aromatic heterocycles. The smallest absolute Gasteiger partial charge is 0.328 e. The van der Waals surface area contributed by atoms with Crippen LogP contribution in [0.4, 0.5) is 0 Å². The monoisotopic (exact) mass is 213 g/mol. The number of aliphatic carboxylic acids is 1. The van der Waals surface area contributed by atoms with Gasteiger partial charge in [0.15, 0.2) is 0 Å². The van der Waals surface area contributed by atoms with Gasteiger partial charge in [0.25, 0.3) is 0 Å². The fraction of sp³-hybridized carbons (Fsp3) is 0.600. The van der Waals surface area contributed by atoms with E-state index in [9.17, 15) is 9.59 Å². The van der Waals surface area contributed by atoms with Crippen LogP contribution in [0.25, 0.3) is 0 Å². The minimum absolute atomic E-state index is 0.0703. The molecule has 0 spiro atoms. The van der Waals surface area contributed by atoms with E-state index in [1.807, 2.05) is 0 Å². The molecule has 15 heavy (non-hydrogen) atoms. The zero-order valence-electron chi connectivity index (χ0n) is 8.68. The Hall–Kier alpha value is -1.36. The Morgan fingerprint density at radius 1 is 1.47 bits per heavy atom. The van der Waals surface area contributed by atoms with Gasteiger partial charge in [-0.15, -0.1) is 0 Å². The van der Waals surface area contributed by atoms with Gasteiger partial charge in [0.2, 0.25) is 5.91 Å². The maximum Gasteiger partial charge on any atom is 0.328 e. The molecule has 0 radical (unpaired) electrons. The zero-order chi connectivity index (χ0) is 11.3. The summed E-state index contributed by atoms with van der Waals surface area (Å²) in [6.07, 6.45) is 3.86. The molecule has 1 atom stereocenters. The SMILES string of the molecule is CO[C@H]1CCCN(C(=O)/C=C/C(=O)O)C1. The van der Waals surface area contributed by atoms with Gasteiger partial charge in [-0.3, -0.25) is 4.79 Å². The normalized spacial score (nSPS) is 21.9. The predicted molar refractivity (Wildman–Crippen MR) is 53.4 cm³/mol. The summed E-state index contributed by atoms with van der Waals surface area (Å²) in [5.41, 5.74) is 0. The highest BCUT2D eigenvalue weighted by molar-refractivity contribution is 5.93. The number of rotatable bonds is 3. The first-order valence-corrected chi connectivity index (χ1v) is 4.86. The summed E-state index contributed by atoms with van der Waals surface area (Å²) < 4.78 is 5.16. The summed E-state index contributed by atoms with van der Waals surface area (Å²) in [6, 6.07) is 0. The molecule has 1 N–H and O–H groups in total. The van der Waals surface area contributed by atoms with Gasteiger partial charge in [-0.05, 0) is 12.8 Å². The molecule has 1 amide bonds. The van der Waals surface area contributed by atoms with E-state index >= 15 is 0 Å². The molecule has 1 aliphatic heterocycles. The Morgan fingerprint density at radius 2 is 2.20 bits per heavy atom. The summed E-state index contributed by atoms with van der Waals surface area (Å²) in [6.45, 7) is 1.21. The first kappa shape index (κ1) is 11.7. The van der Waals surface area contributed by atoms with Crippen molar-refractivity contribution in [1.29, 1.82) is 0 Å². The molecule has 0 aliphatic carbocycles. The van der Waals surface area contributed by atoms with Crippen molar-refractivity contribution in [3.05, 3.63) is 12.2 Å². The number of methoxy groups -OCH3 is 1. The van der Waals surface area contributed by atoms with E-state index in [2.05, 4.69) is 0 Å². The molecule has 1 fully saturated rings. The summed E-state index contributed by atoms with van der Waals surface area (Å²) in [4.78, 5) is 23.3. The second-order valence-electron chi connectivity index (χ2n) is 3.46. The van der Waals surface area contributed by atoms with Crippen LogP contribution in [-0.2, 0) is 14.3 Å². The largest absolute Gasteiger partial charge is 0.478 e. The number of hydrogen-bond donors (Lipinski definition) is 1. The maximum absolute atomic E-state index is 11.5. The Balaban J connectivity index is 2.48. The van der Waals surface area contributed by atoms with Crippen molar-refractivity contribution in [2.24, 2.45) is 0 Å². The van der Waals surface area contributed by atoms with Crippen molar-refractivity contribution in [1.82, 2.24) is 4.90 Å². The second kappa shape index (κ2) is 5.50. The predicted octanol–water partition coefficient (Wildman–Crippen LogP) is 0.265. The van der Waals surface area contributed by atoms with E-state index in [0.717, 1.165) is 25.0 Å². The fourth-order valence-corrected chi connectivity index (χ4v) is 1.58. The van der Waals surface area contributed by atoms with E-state index in [1.54, 1.807) is 12.0 Å². The van der Waals surface area contributed by atoms with Crippen LogP contribution in [0.15, 0.2) is 12.2 Å². The van der Waals surface area contributed by atoms with Crippen LogP contribution in [0.5, 0.6) is 0 Å². The lowest BCUT2D eigenvalue weighted by Gasteiger charge is -2.31. The van der Waals surface area contributed by atoms with Gasteiger partial charge in [0, 0.05) is 32.4 Å². The number of carboxylic acids is 1. The van der Waals surface area contributed by atoms with Crippen molar-refractivity contribution < 1.29 is 19.4 Å². The molecular weight excluding hydrogens is 198 g/mol. The van der Waals surface area contributed by atoms with Crippen molar-refractivity contribution in [2.45, 2.75) is 18.9 Å². The lowest BCUT2D eigenvalue weighted by molar-refractivity contribution is -0.133. The number of carbonyl (C=O) groups excluding carboxylic acids is 1. The van der Waals surface area contributed by atoms with Crippen LogP contribution in [0, 0.1) is 0 Å². The van der Waals surface area contributed by atoms with Crippen LogP contribution < -0.4 is 0 Å². The number of hydrogen-bond acceptors (Lipinski definition) is 3. The topological polar surface area (TPSA) is 66.8 Å². The number of amides is 1. The first-order valence-electron chi connectivity index (χ1n) is 4.86. The van der Waals surface area contributed by atoms with Crippen molar-refractivity contribution in [3.8, 4) is 0 Å². The third-order valence-corrected chi connectivity index (χ3v) is 2.39. The van der Waals surface area contributed by atoms with E-state index in [4.69, 9.17) is 9.84 Å². The van der Waals surface area contributed by atoms with Crippen molar-refractivity contribution >= 4 is 11.9 Å². The minimum Gasteiger partial charge on any atom is -0.478 e. The van der Waals surface area contributed by atoms with Crippen molar-refractivity contribution in [2.75, 3.05) is 20.2 Å². The van der Waals surface area contributed by atoms with Crippen molar-refractivity contribution in [3.63, 3.8) is 0 Å². The highest BCUT2D eigenvalue weighted by atomic mass is 16.5. The lowest BCUT2D eigenvalue weighted by atomic mass is 10.1. The van der Waals surface area contributed by atoms with Gasteiger partial charge >= 0.3 is 5.97 Å². The molecule has 1 aliphatic rings. The van der Waals surface area contributed by atoms with Gasteiger partial charge in [0.1, 0.15) is 0 Å². The molecule has 0 aromatic carbocycles. The molecule has 1 saturated heterocycles. The number of ether oxygens (including phenoxy) is 1. The van der Waals surface area contributed by atoms with Crippen LogP contribution in [0.3, 0.4) is 0 Å². The number of likely N-dealkylation sites (tertiary alicyclic amines) is 1. The summed E-state index contributed by atoms with van der Waals surface area (Å²) in [5.74, 6) is -1.37. The van der Waals surface area contributed by atoms with E-state index in [1.165, 1.54) is 0 Å². The Morgan fingerprint density at radius 3 is 2.80 bits per heavy atom. The first-order chi connectivity index (χ1) is 7.13. The number of nitrogens with zero attached hydrogens (tertiary/aromatic N) is 1. The van der Waals surface area contributed by atoms with Gasteiger partial charge in [-0.1, -0.05) is 0 Å². The summed E-state index contributed by atoms with van der Waals surface area (Å²) in [5, 5.41) is 8.38. The number of piperidine rings is 1. The van der Waals surface area contributed by atoms with E-state index in [-0.39, 0.29) is 12.0 Å². The van der Waals surface area contributed by atoms with Crippen LogP contribution in [-0.4, -0.2) is 48.2 Å². The maximum atomic E-state index is 11.5. The van der Waals surface area contributed by atoms with Gasteiger partial charge < -0.3 is 14.7 Å². The fourth-order valence-electron chi connectivity index (χ4n) is 1.58. The van der Waals surface area contributed by atoms with E-state index < -0.39 is 5.97 Å². The summed E-state index contributed by atoms with van der Waals surface area (Å²) in [7, 11) is 1.62. The van der Waals surface area contributed by atoms with Crippen LogP contribution in [0.1, 0.15) is 12.8 Å². The average molecular weight is 213 g/mol. The van der Waals surface area contributed by atoms with Gasteiger partial charge in [-0.25, -0.2) is 4.79 Å². The third-order valence-electron chi connectivity index (χ3n) is 2.39. The minimum atomic E-state index is -1.11. The van der Waals surface area contributed by atoms with Gasteiger partial charge in [0.05, 0.1) is 6.10 Å². The van der Waals surface area contributed by atoms with Gasteiger partial charge in [-0.2, -0.15) is 0 Å². The lowest BCUT2D eigenvalue weighted by Crippen LogP contribution is -2.42. The molecule has 0 aromatic rings. The molecule has 5 nitrogen and oxygen atoms in total. The average Bonchev–Trinajstić information content (AvgIpc) is 2.26. The second-order valence-corrected chi connectivity index (χ2v) is 3.46. The highest BCUT2D eigenvalue weighted by Crippen LogP contribution is 2.12. The Labute approximate surface area is 88.3 Å². The molecular formula is C10H15NO4. The Kier molecular flexibility index (Phi) is 4.30. The third kappa shape index (κ3) is 3.71. The molecule has 0 unspecified atom stereocenters. The molecule has 5 heteroatoms. The standard InChI is InChI=1S/C10H15NO4/c1-15-8-3-2-6-11(7-8)9(12)4-5-10(13)14/h4-5,8H,2-3,6-7H2,1H3,(H,13,14)/b5-4+/t8-/m0/s1. The van der Waals surface area contributed by atoms with Crippen LogP contribution >= 0.6 is 0 Å². The molecule has 0 bridgehead atoms.